The van der Waals surface area contributed by atoms with Gasteiger partial charge in [0.1, 0.15) is 0 Å². The lowest BCUT2D eigenvalue weighted by Gasteiger charge is -2.27. The molecule has 1 aromatic carbocycles. The lowest BCUT2D eigenvalue weighted by Crippen LogP contribution is -2.27. The lowest BCUT2D eigenvalue weighted by atomic mass is 9.93. The summed E-state index contributed by atoms with van der Waals surface area (Å²) in [7, 11) is 0. The summed E-state index contributed by atoms with van der Waals surface area (Å²) in [6.45, 7) is 4.41. The molecule has 1 aliphatic carbocycles. The second-order valence-corrected chi connectivity index (χ2v) is 6.54. The highest BCUT2D eigenvalue weighted by atomic mass is 32.1. The topological polar surface area (TPSA) is 12.0 Å². The summed E-state index contributed by atoms with van der Waals surface area (Å²) in [5, 5.41) is 6.04. The lowest BCUT2D eigenvalue weighted by molar-refractivity contribution is 0.418. The van der Waals surface area contributed by atoms with Crippen molar-refractivity contribution < 1.29 is 0 Å². The third-order valence-corrected chi connectivity index (χ3v) is 5.08. The van der Waals surface area contributed by atoms with Crippen LogP contribution in [0.2, 0.25) is 0 Å². The molecule has 2 heteroatoms. The van der Waals surface area contributed by atoms with E-state index in [4.69, 9.17) is 0 Å². The fraction of sp³-hybridized carbons (Fsp3) is 0.412. The van der Waals surface area contributed by atoms with Gasteiger partial charge in [0.25, 0.3) is 0 Å². The van der Waals surface area contributed by atoms with Gasteiger partial charge in [-0.1, -0.05) is 29.8 Å². The molecule has 2 atom stereocenters. The smallest absolute Gasteiger partial charge is 0.0336 e. The second-order valence-electron chi connectivity index (χ2n) is 5.54. The average molecular weight is 271 g/mol. The van der Waals surface area contributed by atoms with Gasteiger partial charge >= 0.3 is 0 Å². The van der Waals surface area contributed by atoms with E-state index in [1.807, 2.05) is 11.3 Å². The largest absolute Gasteiger partial charge is 0.303 e. The number of rotatable bonds is 3. The molecular formula is C17H21NS. The average Bonchev–Trinajstić information content (AvgIpc) is 2.89. The van der Waals surface area contributed by atoms with E-state index >= 15 is 0 Å². The quantitative estimate of drug-likeness (QED) is 0.846. The molecule has 0 bridgehead atoms. The molecule has 1 aromatic heterocycles. The molecule has 1 N–H and O–H groups in total. The minimum absolute atomic E-state index is 0.413. The van der Waals surface area contributed by atoms with Crippen molar-refractivity contribution >= 4 is 11.3 Å². The molecule has 2 unspecified atom stereocenters. The van der Waals surface area contributed by atoms with Crippen LogP contribution in [0.15, 0.2) is 35.7 Å². The predicted molar refractivity (Wildman–Crippen MR) is 82.7 cm³/mol. The normalized spacial score (nSPS) is 20.0. The number of benzene rings is 1. The standard InChI is InChI=1S/C17H21NS/c1-12-6-8-14(9-7-12)13(2)18-16-4-3-5-17-15(16)10-11-19-17/h6-11,13,16,18H,3-5H2,1-2H3. The van der Waals surface area contributed by atoms with Crippen molar-refractivity contribution in [2.45, 2.75) is 45.2 Å². The maximum atomic E-state index is 3.80. The van der Waals surface area contributed by atoms with Gasteiger partial charge in [0.2, 0.25) is 0 Å². The van der Waals surface area contributed by atoms with Crippen LogP contribution in [0.4, 0.5) is 0 Å². The van der Waals surface area contributed by atoms with Crippen LogP contribution in [-0.4, -0.2) is 0 Å². The first-order valence-corrected chi connectivity index (χ1v) is 8.01. The predicted octanol–water partition coefficient (Wildman–Crippen LogP) is 4.78. The highest BCUT2D eigenvalue weighted by molar-refractivity contribution is 7.10. The van der Waals surface area contributed by atoms with Crippen LogP contribution in [0, 0.1) is 6.92 Å². The number of nitrogens with one attached hydrogen (secondary N) is 1. The van der Waals surface area contributed by atoms with Crippen molar-refractivity contribution in [2.24, 2.45) is 0 Å². The Bertz CT molecular complexity index is 541. The summed E-state index contributed by atoms with van der Waals surface area (Å²) in [5.74, 6) is 0. The van der Waals surface area contributed by atoms with E-state index in [0.717, 1.165) is 0 Å². The summed E-state index contributed by atoms with van der Waals surface area (Å²) < 4.78 is 0. The summed E-state index contributed by atoms with van der Waals surface area (Å²) in [6.07, 6.45) is 3.84. The van der Waals surface area contributed by atoms with Crippen LogP contribution in [-0.2, 0) is 6.42 Å². The molecule has 100 valence electrons. The number of fused-ring (bicyclic) bond motifs is 1. The minimum Gasteiger partial charge on any atom is -0.303 e. The Kier molecular flexibility index (Phi) is 3.72. The molecule has 2 aromatic rings. The Labute approximate surface area is 119 Å². The van der Waals surface area contributed by atoms with Crippen molar-refractivity contribution in [2.75, 3.05) is 0 Å². The summed E-state index contributed by atoms with van der Waals surface area (Å²) in [5.41, 5.74) is 4.25. The van der Waals surface area contributed by atoms with Gasteiger partial charge in [-0.25, -0.2) is 0 Å². The Balaban J connectivity index is 1.74. The molecule has 0 saturated carbocycles. The molecule has 0 saturated heterocycles. The maximum Gasteiger partial charge on any atom is 0.0336 e. The molecule has 1 heterocycles. The number of hydrogen-bond acceptors (Lipinski definition) is 2. The maximum absolute atomic E-state index is 3.80. The van der Waals surface area contributed by atoms with E-state index in [1.54, 1.807) is 4.88 Å². The van der Waals surface area contributed by atoms with Crippen molar-refractivity contribution in [1.82, 2.24) is 5.32 Å². The molecule has 0 spiro atoms. The zero-order valence-corrected chi connectivity index (χ0v) is 12.5. The zero-order chi connectivity index (χ0) is 13.2. The van der Waals surface area contributed by atoms with Gasteiger partial charge in [-0.15, -0.1) is 11.3 Å². The van der Waals surface area contributed by atoms with Crippen molar-refractivity contribution in [3.05, 3.63) is 57.3 Å². The highest BCUT2D eigenvalue weighted by Crippen LogP contribution is 2.34. The number of thiophene rings is 1. The molecule has 0 amide bonds. The van der Waals surface area contributed by atoms with Crippen LogP contribution in [0.5, 0.6) is 0 Å². The molecule has 0 radical (unpaired) electrons. The summed E-state index contributed by atoms with van der Waals surface area (Å²) in [6, 6.07) is 12.1. The fourth-order valence-corrected chi connectivity index (χ4v) is 3.90. The number of hydrogen-bond donors (Lipinski definition) is 1. The molecule has 19 heavy (non-hydrogen) atoms. The van der Waals surface area contributed by atoms with Gasteiger partial charge in [-0.2, -0.15) is 0 Å². The van der Waals surface area contributed by atoms with Crippen LogP contribution in [0.25, 0.3) is 0 Å². The van der Waals surface area contributed by atoms with Crippen LogP contribution in [0.3, 0.4) is 0 Å². The summed E-state index contributed by atoms with van der Waals surface area (Å²) in [4.78, 5) is 1.58. The summed E-state index contributed by atoms with van der Waals surface area (Å²) >= 11 is 1.91. The molecule has 3 rings (SSSR count). The molecule has 0 aliphatic heterocycles. The highest BCUT2D eigenvalue weighted by Gasteiger charge is 2.22. The van der Waals surface area contributed by atoms with Gasteiger partial charge < -0.3 is 5.32 Å². The molecule has 1 aliphatic rings. The van der Waals surface area contributed by atoms with E-state index in [9.17, 15) is 0 Å². The first kappa shape index (κ1) is 12.9. The van der Waals surface area contributed by atoms with E-state index in [1.165, 1.54) is 36.0 Å². The van der Waals surface area contributed by atoms with E-state index < -0.39 is 0 Å². The van der Waals surface area contributed by atoms with Gasteiger partial charge in [-0.05, 0) is 55.7 Å². The molecule has 1 nitrogen and oxygen atoms in total. The van der Waals surface area contributed by atoms with Crippen LogP contribution < -0.4 is 5.32 Å². The first-order chi connectivity index (χ1) is 9.24. The van der Waals surface area contributed by atoms with Gasteiger partial charge in [0.15, 0.2) is 0 Å². The molecule has 0 fully saturated rings. The third kappa shape index (κ3) is 2.75. The fourth-order valence-electron chi connectivity index (χ4n) is 2.91. The van der Waals surface area contributed by atoms with Crippen molar-refractivity contribution in [1.29, 1.82) is 0 Å². The second kappa shape index (κ2) is 5.48. The van der Waals surface area contributed by atoms with Crippen LogP contribution >= 0.6 is 11.3 Å². The molecular weight excluding hydrogens is 250 g/mol. The number of aryl methyl sites for hydroxylation is 2. The van der Waals surface area contributed by atoms with Gasteiger partial charge in [0, 0.05) is 17.0 Å². The van der Waals surface area contributed by atoms with Gasteiger partial charge in [-0.3, -0.25) is 0 Å². The zero-order valence-electron chi connectivity index (χ0n) is 11.6. The third-order valence-electron chi connectivity index (χ3n) is 4.08. The monoisotopic (exact) mass is 271 g/mol. The van der Waals surface area contributed by atoms with E-state index in [2.05, 4.69) is 54.9 Å². The van der Waals surface area contributed by atoms with E-state index in [-0.39, 0.29) is 0 Å². The Morgan fingerprint density at radius 1 is 1.21 bits per heavy atom. The Hall–Kier alpha value is -1.12. The van der Waals surface area contributed by atoms with Crippen LogP contribution in [0.1, 0.15) is 53.4 Å². The Morgan fingerprint density at radius 3 is 2.79 bits per heavy atom. The van der Waals surface area contributed by atoms with Crippen molar-refractivity contribution in [3.8, 4) is 0 Å². The van der Waals surface area contributed by atoms with Gasteiger partial charge in [0.05, 0.1) is 0 Å². The Morgan fingerprint density at radius 2 is 2.00 bits per heavy atom. The first-order valence-electron chi connectivity index (χ1n) is 7.13. The minimum atomic E-state index is 0.413. The van der Waals surface area contributed by atoms with E-state index in [0.29, 0.717) is 12.1 Å². The van der Waals surface area contributed by atoms with Crippen molar-refractivity contribution in [3.63, 3.8) is 0 Å². The SMILES string of the molecule is Cc1ccc(C(C)NC2CCCc3sccc32)cc1.